The maximum Gasteiger partial charge on any atom is 0.248 e. The van der Waals surface area contributed by atoms with Gasteiger partial charge in [0.2, 0.25) is 11.8 Å². The fourth-order valence-corrected chi connectivity index (χ4v) is 3.20. The van der Waals surface area contributed by atoms with Gasteiger partial charge in [0.15, 0.2) is 5.13 Å². The van der Waals surface area contributed by atoms with Gasteiger partial charge in [-0.3, -0.25) is 9.59 Å². The standard InChI is InChI=1S/C18H23N3O2S/c1-10(2)15(19-13(5)22)17(23)21-18-20-16(12(4)24-18)14-8-6-11(3)7-9-14/h6-10,15H,1-5H3,(H,19,22)(H,20,21,23). The molecule has 1 atom stereocenters. The molecule has 1 aromatic carbocycles. The first kappa shape index (κ1) is 18.1. The van der Waals surface area contributed by atoms with Crippen LogP contribution in [-0.4, -0.2) is 22.8 Å². The van der Waals surface area contributed by atoms with Gasteiger partial charge >= 0.3 is 0 Å². The number of hydrogen-bond donors (Lipinski definition) is 2. The Morgan fingerprint density at radius 2 is 1.75 bits per heavy atom. The second-order valence-corrected chi connectivity index (χ2v) is 7.40. The van der Waals surface area contributed by atoms with Gasteiger partial charge in [0, 0.05) is 17.4 Å². The Bertz CT molecular complexity index is 735. The summed E-state index contributed by atoms with van der Waals surface area (Å²) in [5.41, 5.74) is 3.09. The second kappa shape index (κ2) is 7.57. The quantitative estimate of drug-likeness (QED) is 0.871. The van der Waals surface area contributed by atoms with Gasteiger partial charge in [-0.1, -0.05) is 43.7 Å². The summed E-state index contributed by atoms with van der Waals surface area (Å²) in [5.74, 6) is -0.476. The predicted molar refractivity (Wildman–Crippen MR) is 98.1 cm³/mol. The molecule has 0 aliphatic carbocycles. The highest BCUT2D eigenvalue weighted by Gasteiger charge is 2.24. The van der Waals surface area contributed by atoms with Crippen LogP contribution in [0.15, 0.2) is 24.3 Å². The lowest BCUT2D eigenvalue weighted by Gasteiger charge is -2.20. The zero-order chi connectivity index (χ0) is 17.9. The number of hydrogen-bond acceptors (Lipinski definition) is 4. The van der Waals surface area contributed by atoms with Crippen molar-refractivity contribution in [3.63, 3.8) is 0 Å². The second-order valence-electron chi connectivity index (χ2n) is 6.20. The van der Waals surface area contributed by atoms with E-state index < -0.39 is 6.04 Å². The van der Waals surface area contributed by atoms with Crippen molar-refractivity contribution >= 4 is 28.3 Å². The van der Waals surface area contributed by atoms with Crippen LogP contribution in [0.2, 0.25) is 0 Å². The molecule has 0 radical (unpaired) electrons. The molecule has 1 unspecified atom stereocenters. The van der Waals surface area contributed by atoms with E-state index in [0.717, 1.165) is 16.1 Å². The summed E-state index contributed by atoms with van der Waals surface area (Å²) < 4.78 is 0. The molecule has 0 aliphatic heterocycles. The molecule has 0 saturated heterocycles. The van der Waals surface area contributed by atoms with Crippen molar-refractivity contribution in [2.45, 2.75) is 40.7 Å². The van der Waals surface area contributed by atoms with Gasteiger partial charge in [0.25, 0.3) is 0 Å². The van der Waals surface area contributed by atoms with E-state index in [2.05, 4.69) is 15.6 Å². The van der Waals surface area contributed by atoms with Crippen molar-refractivity contribution in [2.75, 3.05) is 5.32 Å². The zero-order valence-electron chi connectivity index (χ0n) is 14.6. The molecule has 128 valence electrons. The lowest BCUT2D eigenvalue weighted by Crippen LogP contribution is -2.46. The molecule has 2 rings (SSSR count). The number of carbonyl (C=O) groups is 2. The molecule has 0 aliphatic rings. The number of carbonyl (C=O) groups excluding carboxylic acids is 2. The van der Waals surface area contributed by atoms with E-state index in [9.17, 15) is 9.59 Å². The van der Waals surface area contributed by atoms with Crippen LogP contribution < -0.4 is 10.6 Å². The van der Waals surface area contributed by atoms with Crippen LogP contribution >= 0.6 is 11.3 Å². The van der Waals surface area contributed by atoms with Crippen LogP contribution in [0.25, 0.3) is 11.3 Å². The van der Waals surface area contributed by atoms with Crippen LogP contribution in [0.5, 0.6) is 0 Å². The summed E-state index contributed by atoms with van der Waals surface area (Å²) in [6, 6.07) is 7.55. The number of rotatable bonds is 5. The number of nitrogens with one attached hydrogen (secondary N) is 2. The topological polar surface area (TPSA) is 71.1 Å². The molecule has 6 heteroatoms. The minimum Gasteiger partial charge on any atom is -0.344 e. The van der Waals surface area contributed by atoms with E-state index >= 15 is 0 Å². The van der Waals surface area contributed by atoms with E-state index in [4.69, 9.17) is 0 Å². The van der Waals surface area contributed by atoms with E-state index in [1.807, 2.05) is 52.0 Å². The van der Waals surface area contributed by atoms with Crippen LogP contribution in [0.4, 0.5) is 5.13 Å². The number of amides is 2. The third-order valence-electron chi connectivity index (χ3n) is 3.66. The number of anilines is 1. The Labute approximate surface area is 146 Å². The van der Waals surface area contributed by atoms with Crippen LogP contribution in [0.3, 0.4) is 0 Å². The number of aromatic nitrogens is 1. The summed E-state index contributed by atoms with van der Waals surface area (Å²) in [7, 11) is 0. The molecule has 5 nitrogen and oxygen atoms in total. The highest BCUT2D eigenvalue weighted by Crippen LogP contribution is 2.30. The predicted octanol–water partition coefficient (Wildman–Crippen LogP) is 3.53. The number of nitrogens with zero attached hydrogens (tertiary/aromatic N) is 1. The van der Waals surface area contributed by atoms with Crippen molar-refractivity contribution in [1.82, 2.24) is 10.3 Å². The maximum absolute atomic E-state index is 12.4. The molecule has 2 N–H and O–H groups in total. The number of benzene rings is 1. The van der Waals surface area contributed by atoms with Gasteiger partial charge in [-0.2, -0.15) is 0 Å². The normalized spacial score (nSPS) is 12.1. The monoisotopic (exact) mass is 345 g/mol. The molecule has 1 heterocycles. The van der Waals surface area contributed by atoms with Crippen molar-refractivity contribution < 1.29 is 9.59 Å². The summed E-state index contributed by atoms with van der Waals surface area (Å²) in [6.45, 7) is 9.22. The average molecular weight is 345 g/mol. The summed E-state index contributed by atoms with van der Waals surface area (Å²) in [5, 5.41) is 6.05. The lowest BCUT2D eigenvalue weighted by molar-refractivity contribution is -0.126. The lowest BCUT2D eigenvalue weighted by atomic mass is 10.0. The molecular formula is C18H23N3O2S. The molecule has 0 bridgehead atoms. The molecule has 2 amide bonds. The first-order valence-corrected chi connectivity index (χ1v) is 8.72. The highest BCUT2D eigenvalue weighted by atomic mass is 32.1. The van der Waals surface area contributed by atoms with Gasteiger partial charge in [-0.15, -0.1) is 11.3 Å². The first-order chi connectivity index (χ1) is 11.3. The Hall–Kier alpha value is -2.21. The number of aryl methyl sites for hydroxylation is 2. The largest absolute Gasteiger partial charge is 0.344 e. The van der Waals surface area contributed by atoms with Gasteiger partial charge in [-0.25, -0.2) is 4.98 Å². The molecule has 2 aromatic rings. The molecular weight excluding hydrogens is 322 g/mol. The Kier molecular flexibility index (Phi) is 5.72. The Morgan fingerprint density at radius 1 is 1.12 bits per heavy atom. The van der Waals surface area contributed by atoms with Crippen LogP contribution in [0.1, 0.15) is 31.2 Å². The Balaban J connectivity index is 2.18. The number of thiazole rings is 1. The zero-order valence-corrected chi connectivity index (χ0v) is 15.5. The molecule has 0 saturated carbocycles. The van der Waals surface area contributed by atoms with Crippen LogP contribution in [0, 0.1) is 19.8 Å². The fraction of sp³-hybridized carbons (Fsp3) is 0.389. The smallest absolute Gasteiger partial charge is 0.248 e. The molecule has 1 aromatic heterocycles. The van der Waals surface area contributed by atoms with Crippen molar-refractivity contribution in [2.24, 2.45) is 5.92 Å². The fourth-order valence-electron chi connectivity index (χ4n) is 2.37. The van der Waals surface area contributed by atoms with E-state index in [0.29, 0.717) is 5.13 Å². The van der Waals surface area contributed by atoms with E-state index in [1.54, 1.807) is 0 Å². The van der Waals surface area contributed by atoms with Gasteiger partial charge in [-0.05, 0) is 19.8 Å². The molecule has 0 fully saturated rings. The minimum atomic E-state index is -0.575. The first-order valence-electron chi connectivity index (χ1n) is 7.90. The van der Waals surface area contributed by atoms with Crippen molar-refractivity contribution in [1.29, 1.82) is 0 Å². The third kappa shape index (κ3) is 4.41. The summed E-state index contributed by atoms with van der Waals surface area (Å²) >= 11 is 1.43. The molecule has 0 spiro atoms. The SMILES string of the molecule is CC(=O)NC(C(=O)Nc1nc(-c2ccc(C)cc2)c(C)s1)C(C)C. The minimum absolute atomic E-state index is 0.00784. The van der Waals surface area contributed by atoms with E-state index in [1.165, 1.54) is 23.8 Å². The van der Waals surface area contributed by atoms with Gasteiger partial charge in [0.05, 0.1) is 5.69 Å². The van der Waals surface area contributed by atoms with Crippen molar-refractivity contribution in [3.05, 3.63) is 34.7 Å². The highest BCUT2D eigenvalue weighted by molar-refractivity contribution is 7.16. The van der Waals surface area contributed by atoms with Crippen molar-refractivity contribution in [3.8, 4) is 11.3 Å². The van der Waals surface area contributed by atoms with Gasteiger partial charge < -0.3 is 10.6 Å². The maximum atomic E-state index is 12.4. The van der Waals surface area contributed by atoms with Crippen LogP contribution in [-0.2, 0) is 9.59 Å². The Morgan fingerprint density at radius 3 is 2.29 bits per heavy atom. The molecule has 24 heavy (non-hydrogen) atoms. The van der Waals surface area contributed by atoms with E-state index in [-0.39, 0.29) is 17.7 Å². The summed E-state index contributed by atoms with van der Waals surface area (Å²) in [6.07, 6.45) is 0. The summed E-state index contributed by atoms with van der Waals surface area (Å²) in [4.78, 5) is 29.3. The third-order valence-corrected chi connectivity index (χ3v) is 4.55. The van der Waals surface area contributed by atoms with Gasteiger partial charge in [0.1, 0.15) is 6.04 Å². The average Bonchev–Trinajstić information content (AvgIpc) is 2.85.